The summed E-state index contributed by atoms with van der Waals surface area (Å²) in [7, 11) is 0. The number of carbonyl (C=O) groups excluding carboxylic acids is 1. The molecule has 0 spiro atoms. The number of rotatable bonds is 2. The quantitative estimate of drug-likeness (QED) is 0.755. The van der Waals surface area contributed by atoms with Crippen molar-refractivity contribution in [3.8, 4) is 0 Å². The first-order chi connectivity index (χ1) is 8.22. The highest BCUT2D eigenvalue weighted by molar-refractivity contribution is 6.20. The topological polar surface area (TPSA) is 29.1 Å². The van der Waals surface area contributed by atoms with E-state index in [1.54, 1.807) is 0 Å². The molecule has 3 rings (SSSR count). The van der Waals surface area contributed by atoms with Gasteiger partial charge in [0, 0.05) is 17.3 Å². The molecule has 0 saturated heterocycles. The minimum atomic E-state index is 0.336. The molecule has 3 aliphatic carbocycles. The van der Waals surface area contributed by atoms with Crippen molar-refractivity contribution in [2.24, 2.45) is 17.8 Å². The summed E-state index contributed by atoms with van der Waals surface area (Å²) in [5.74, 6) is 2.23. The Hall–Kier alpha value is -0.240. The molecule has 0 aliphatic heterocycles. The van der Waals surface area contributed by atoms with Crippen LogP contribution in [0.3, 0.4) is 0 Å². The Morgan fingerprint density at radius 3 is 2.35 bits per heavy atom. The largest absolute Gasteiger partial charge is 0.353 e. The standard InChI is InChI=1S/C14H22ClNO/c15-11-3-5-12(6-4-11)16-14(17)13-8-9-1-2-10(13)7-9/h9-13H,1-8H2,(H,16,17). The van der Waals surface area contributed by atoms with Crippen molar-refractivity contribution < 1.29 is 4.79 Å². The van der Waals surface area contributed by atoms with Gasteiger partial charge in [-0.25, -0.2) is 0 Å². The number of hydrogen-bond donors (Lipinski definition) is 1. The zero-order valence-electron chi connectivity index (χ0n) is 10.3. The summed E-state index contributed by atoms with van der Waals surface area (Å²) in [6, 6.07) is 0.400. The Balaban J connectivity index is 1.50. The van der Waals surface area contributed by atoms with Crippen LogP contribution in [0.15, 0.2) is 0 Å². The number of nitrogens with one attached hydrogen (secondary N) is 1. The highest BCUT2D eigenvalue weighted by atomic mass is 35.5. The lowest BCUT2D eigenvalue weighted by Crippen LogP contribution is -2.42. The molecular formula is C14H22ClNO. The van der Waals surface area contributed by atoms with Gasteiger partial charge < -0.3 is 5.32 Å². The van der Waals surface area contributed by atoms with Crippen LogP contribution in [0.1, 0.15) is 51.4 Å². The van der Waals surface area contributed by atoms with Gasteiger partial charge in [0.15, 0.2) is 0 Å². The van der Waals surface area contributed by atoms with E-state index >= 15 is 0 Å². The Morgan fingerprint density at radius 1 is 1.00 bits per heavy atom. The normalized spacial score (nSPS) is 44.9. The minimum absolute atomic E-state index is 0.336. The second kappa shape index (κ2) is 4.79. The van der Waals surface area contributed by atoms with Crippen molar-refractivity contribution in [2.45, 2.75) is 62.8 Å². The van der Waals surface area contributed by atoms with Gasteiger partial charge in [-0.15, -0.1) is 11.6 Å². The fourth-order valence-corrected chi connectivity index (χ4v) is 4.32. The first kappa shape index (κ1) is 11.8. The number of hydrogen-bond acceptors (Lipinski definition) is 1. The smallest absolute Gasteiger partial charge is 0.223 e. The van der Waals surface area contributed by atoms with Crippen molar-refractivity contribution in [3.05, 3.63) is 0 Å². The van der Waals surface area contributed by atoms with Gasteiger partial charge in [-0.2, -0.15) is 0 Å². The van der Waals surface area contributed by atoms with Crippen LogP contribution in [0.5, 0.6) is 0 Å². The SMILES string of the molecule is O=C(NC1CCC(Cl)CC1)C1CC2CCC1C2. The van der Waals surface area contributed by atoms with E-state index in [-0.39, 0.29) is 0 Å². The molecule has 3 heteroatoms. The van der Waals surface area contributed by atoms with Crippen molar-refractivity contribution in [3.63, 3.8) is 0 Å². The molecule has 0 aromatic heterocycles. The Bertz CT molecular complexity index is 299. The summed E-state index contributed by atoms with van der Waals surface area (Å²) in [5.41, 5.74) is 0. The van der Waals surface area contributed by atoms with Crippen LogP contribution in [0.25, 0.3) is 0 Å². The number of carbonyl (C=O) groups is 1. The van der Waals surface area contributed by atoms with E-state index in [2.05, 4.69) is 5.32 Å². The number of amides is 1. The first-order valence-electron chi connectivity index (χ1n) is 7.17. The van der Waals surface area contributed by atoms with Crippen LogP contribution in [0, 0.1) is 17.8 Å². The molecule has 96 valence electrons. The van der Waals surface area contributed by atoms with Crippen LogP contribution in [-0.4, -0.2) is 17.3 Å². The van der Waals surface area contributed by atoms with E-state index in [4.69, 9.17) is 11.6 Å². The van der Waals surface area contributed by atoms with Crippen LogP contribution in [0.4, 0.5) is 0 Å². The molecule has 0 aromatic carbocycles. The molecule has 2 bridgehead atoms. The number of fused-ring (bicyclic) bond motifs is 2. The Labute approximate surface area is 108 Å². The van der Waals surface area contributed by atoms with E-state index < -0.39 is 0 Å². The molecule has 0 heterocycles. The van der Waals surface area contributed by atoms with Crippen LogP contribution >= 0.6 is 11.6 Å². The van der Waals surface area contributed by atoms with Crippen molar-refractivity contribution in [1.29, 1.82) is 0 Å². The number of halogens is 1. The molecule has 3 saturated carbocycles. The molecule has 0 radical (unpaired) electrons. The van der Waals surface area contributed by atoms with Crippen LogP contribution in [-0.2, 0) is 4.79 Å². The molecule has 2 nitrogen and oxygen atoms in total. The van der Waals surface area contributed by atoms with E-state index in [1.807, 2.05) is 0 Å². The fourth-order valence-electron chi connectivity index (χ4n) is 4.07. The maximum Gasteiger partial charge on any atom is 0.223 e. The van der Waals surface area contributed by atoms with Crippen molar-refractivity contribution in [1.82, 2.24) is 5.32 Å². The zero-order valence-corrected chi connectivity index (χ0v) is 11.1. The Morgan fingerprint density at radius 2 is 1.76 bits per heavy atom. The number of alkyl halides is 1. The molecule has 17 heavy (non-hydrogen) atoms. The van der Waals surface area contributed by atoms with Gasteiger partial charge in [-0.1, -0.05) is 6.42 Å². The zero-order chi connectivity index (χ0) is 11.8. The molecule has 3 atom stereocenters. The summed E-state index contributed by atoms with van der Waals surface area (Å²) >= 11 is 6.08. The molecular weight excluding hydrogens is 234 g/mol. The molecule has 3 aliphatic rings. The second-order valence-corrected chi connectivity index (χ2v) is 6.86. The van der Waals surface area contributed by atoms with Crippen LogP contribution in [0.2, 0.25) is 0 Å². The Kier molecular flexibility index (Phi) is 3.34. The maximum atomic E-state index is 12.2. The molecule has 3 fully saturated rings. The van der Waals surface area contributed by atoms with Gasteiger partial charge in [0.25, 0.3) is 0 Å². The van der Waals surface area contributed by atoms with Gasteiger partial charge in [-0.05, 0) is 56.8 Å². The minimum Gasteiger partial charge on any atom is -0.353 e. The van der Waals surface area contributed by atoms with Crippen molar-refractivity contribution >= 4 is 17.5 Å². The summed E-state index contributed by atoms with van der Waals surface area (Å²) in [5, 5.41) is 3.61. The van der Waals surface area contributed by atoms with E-state index in [1.165, 1.54) is 19.3 Å². The van der Waals surface area contributed by atoms with E-state index in [0.717, 1.165) is 38.0 Å². The summed E-state index contributed by atoms with van der Waals surface area (Å²) < 4.78 is 0. The van der Waals surface area contributed by atoms with Crippen molar-refractivity contribution in [2.75, 3.05) is 0 Å². The second-order valence-electron chi connectivity index (χ2n) is 6.24. The molecule has 1 amide bonds. The van der Waals surface area contributed by atoms with Crippen LogP contribution < -0.4 is 5.32 Å². The average Bonchev–Trinajstić information content (AvgIpc) is 2.94. The fraction of sp³-hybridized carbons (Fsp3) is 0.929. The van der Waals surface area contributed by atoms with Gasteiger partial charge >= 0.3 is 0 Å². The third-order valence-electron chi connectivity index (χ3n) is 5.08. The van der Waals surface area contributed by atoms with Gasteiger partial charge in [0.2, 0.25) is 5.91 Å². The summed E-state index contributed by atoms with van der Waals surface area (Å²) in [6.07, 6.45) is 9.38. The predicted molar refractivity (Wildman–Crippen MR) is 69.0 cm³/mol. The molecule has 0 aromatic rings. The lowest BCUT2D eigenvalue weighted by Gasteiger charge is -2.28. The summed E-state index contributed by atoms with van der Waals surface area (Å²) in [4.78, 5) is 12.2. The first-order valence-corrected chi connectivity index (χ1v) is 7.60. The van der Waals surface area contributed by atoms with Gasteiger partial charge in [0.05, 0.1) is 0 Å². The summed E-state index contributed by atoms with van der Waals surface area (Å²) in [6.45, 7) is 0. The van der Waals surface area contributed by atoms with E-state index in [9.17, 15) is 4.79 Å². The lowest BCUT2D eigenvalue weighted by molar-refractivity contribution is -0.127. The van der Waals surface area contributed by atoms with Gasteiger partial charge in [-0.3, -0.25) is 4.79 Å². The average molecular weight is 256 g/mol. The highest BCUT2D eigenvalue weighted by Crippen LogP contribution is 2.48. The lowest BCUT2D eigenvalue weighted by atomic mass is 9.87. The van der Waals surface area contributed by atoms with E-state index in [0.29, 0.717) is 29.2 Å². The maximum absolute atomic E-state index is 12.2. The van der Waals surface area contributed by atoms with Gasteiger partial charge in [0.1, 0.15) is 0 Å². The molecule has 1 N–H and O–H groups in total. The third-order valence-corrected chi connectivity index (χ3v) is 5.51. The monoisotopic (exact) mass is 255 g/mol. The predicted octanol–water partition coefficient (Wildman–Crippen LogP) is 3.09. The third kappa shape index (κ3) is 2.47. The highest BCUT2D eigenvalue weighted by Gasteiger charge is 2.43. The molecule has 3 unspecified atom stereocenters.